The molecule has 0 atom stereocenters. The van der Waals surface area contributed by atoms with Crippen molar-refractivity contribution >= 4 is 34.7 Å². The molecular formula is C26H17ClF2N4O. The van der Waals surface area contributed by atoms with Crippen LogP contribution in [-0.4, -0.2) is 21.5 Å². The molecule has 0 unspecified atom stereocenters. The van der Waals surface area contributed by atoms with Gasteiger partial charge in [-0.15, -0.1) is 0 Å². The van der Waals surface area contributed by atoms with Crippen molar-refractivity contribution in [3.8, 4) is 11.3 Å². The molecule has 0 amide bonds. The second-order valence-electron chi connectivity index (χ2n) is 7.78. The maximum Gasteiger partial charge on any atom is 0.227 e. The van der Waals surface area contributed by atoms with E-state index in [1.165, 1.54) is 25.1 Å². The van der Waals surface area contributed by atoms with E-state index in [1.807, 2.05) is 0 Å². The molecule has 1 N–H and O–H groups in total. The van der Waals surface area contributed by atoms with E-state index in [0.29, 0.717) is 44.6 Å². The molecule has 1 aliphatic heterocycles. The lowest BCUT2D eigenvalue weighted by molar-refractivity contribution is 0.101. The van der Waals surface area contributed by atoms with Crippen LogP contribution in [0, 0.1) is 11.6 Å². The van der Waals surface area contributed by atoms with Gasteiger partial charge in [-0.05, 0) is 43.3 Å². The van der Waals surface area contributed by atoms with Crippen LogP contribution in [0.4, 0.5) is 20.4 Å². The zero-order valence-corrected chi connectivity index (χ0v) is 18.7. The number of carbonyl (C=O) groups excluding carboxylic acids is 1. The summed E-state index contributed by atoms with van der Waals surface area (Å²) in [5.41, 5.74) is 3.52. The first-order chi connectivity index (χ1) is 16.4. The van der Waals surface area contributed by atoms with Gasteiger partial charge in [-0.3, -0.25) is 9.79 Å². The number of aromatic nitrogens is 2. The Hall–Kier alpha value is -3.97. The Kier molecular flexibility index (Phi) is 5.63. The molecule has 3 aromatic carbocycles. The summed E-state index contributed by atoms with van der Waals surface area (Å²) in [6, 6.07) is 15.8. The normalized spacial score (nSPS) is 12.3. The maximum absolute atomic E-state index is 14.7. The summed E-state index contributed by atoms with van der Waals surface area (Å²) in [6.07, 6.45) is 1.63. The molecule has 0 saturated heterocycles. The Morgan fingerprint density at radius 2 is 1.76 bits per heavy atom. The highest BCUT2D eigenvalue weighted by atomic mass is 35.5. The van der Waals surface area contributed by atoms with Crippen LogP contribution in [0.25, 0.3) is 11.3 Å². The Labute approximate surface area is 199 Å². The van der Waals surface area contributed by atoms with Gasteiger partial charge in [0.05, 0.1) is 23.5 Å². The molecule has 0 spiro atoms. The lowest BCUT2D eigenvalue weighted by atomic mass is 9.95. The third-order valence-electron chi connectivity index (χ3n) is 5.49. The number of Topliss-reactive ketones (excluding diaryl/α,β-unsaturated/α-hetero) is 1. The molecular weight excluding hydrogens is 458 g/mol. The number of aliphatic imine (C=N–C) groups is 1. The average molecular weight is 475 g/mol. The highest BCUT2D eigenvalue weighted by Crippen LogP contribution is 2.34. The number of fused-ring (bicyclic) bond motifs is 3. The summed E-state index contributed by atoms with van der Waals surface area (Å²) >= 11 is 6.25. The van der Waals surface area contributed by atoms with Crippen LogP contribution >= 0.6 is 11.6 Å². The minimum Gasteiger partial charge on any atom is -0.324 e. The van der Waals surface area contributed by atoms with Crippen molar-refractivity contribution in [3.63, 3.8) is 0 Å². The highest BCUT2D eigenvalue weighted by molar-refractivity contribution is 6.31. The first kappa shape index (κ1) is 21.9. The molecule has 1 aliphatic rings. The van der Waals surface area contributed by atoms with E-state index in [4.69, 9.17) is 11.6 Å². The molecule has 0 aliphatic carbocycles. The third-order valence-corrected chi connectivity index (χ3v) is 5.72. The van der Waals surface area contributed by atoms with E-state index >= 15 is 0 Å². The van der Waals surface area contributed by atoms with Crippen LogP contribution in [0.5, 0.6) is 0 Å². The van der Waals surface area contributed by atoms with E-state index in [0.717, 1.165) is 0 Å². The maximum atomic E-state index is 14.7. The Bertz CT molecular complexity index is 1470. The monoisotopic (exact) mass is 474 g/mol. The summed E-state index contributed by atoms with van der Waals surface area (Å²) in [6.45, 7) is 1.63. The fourth-order valence-corrected chi connectivity index (χ4v) is 4.04. The summed E-state index contributed by atoms with van der Waals surface area (Å²) < 4.78 is 29.3. The number of anilines is 2. The number of hydrogen-bond donors (Lipinski definition) is 1. The quantitative estimate of drug-likeness (QED) is 0.349. The molecule has 4 aromatic rings. The molecule has 168 valence electrons. The van der Waals surface area contributed by atoms with Gasteiger partial charge >= 0.3 is 0 Å². The summed E-state index contributed by atoms with van der Waals surface area (Å²) in [7, 11) is 0. The Morgan fingerprint density at radius 1 is 1.00 bits per heavy atom. The van der Waals surface area contributed by atoms with Crippen molar-refractivity contribution in [1.82, 2.24) is 9.97 Å². The SMILES string of the molecule is CC(=O)c1cccc(Nc2ncc3c(n2)-c2ccc(Cl)cc2C(c2c(F)cccc2F)=NC3)c1. The predicted octanol–water partition coefficient (Wildman–Crippen LogP) is 6.37. The second-order valence-corrected chi connectivity index (χ2v) is 8.22. The van der Waals surface area contributed by atoms with Gasteiger partial charge in [-0.2, -0.15) is 0 Å². The topological polar surface area (TPSA) is 67.2 Å². The van der Waals surface area contributed by atoms with Crippen LogP contribution < -0.4 is 5.32 Å². The minimum atomic E-state index is -0.713. The number of ketones is 1. The predicted molar refractivity (Wildman–Crippen MR) is 128 cm³/mol. The van der Waals surface area contributed by atoms with Crippen molar-refractivity contribution in [2.24, 2.45) is 4.99 Å². The Morgan fingerprint density at radius 3 is 2.53 bits per heavy atom. The largest absolute Gasteiger partial charge is 0.324 e. The fourth-order valence-electron chi connectivity index (χ4n) is 3.87. The number of nitrogens with zero attached hydrogens (tertiary/aromatic N) is 3. The molecule has 0 saturated carbocycles. The Balaban J connectivity index is 1.62. The molecule has 0 fully saturated rings. The third kappa shape index (κ3) is 4.06. The lowest BCUT2D eigenvalue weighted by Crippen LogP contribution is -2.10. The summed E-state index contributed by atoms with van der Waals surface area (Å²) in [5, 5.41) is 3.52. The van der Waals surface area contributed by atoms with Crippen LogP contribution in [0.3, 0.4) is 0 Å². The fraction of sp³-hybridized carbons (Fsp3) is 0.0769. The van der Waals surface area contributed by atoms with Crippen LogP contribution in [0.15, 0.2) is 71.9 Å². The van der Waals surface area contributed by atoms with Gasteiger partial charge in [0.2, 0.25) is 5.95 Å². The highest BCUT2D eigenvalue weighted by Gasteiger charge is 2.25. The summed E-state index contributed by atoms with van der Waals surface area (Å²) in [4.78, 5) is 25.3. The van der Waals surface area contributed by atoms with E-state index in [1.54, 1.807) is 48.7 Å². The van der Waals surface area contributed by atoms with Crippen LogP contribution in [0.1, 0.15) is 34.0 Å². The van der Waals surface area contributed by atoms with Gasteiger partial charge in [-0.1, -0.05) is 35.9 Å². The van der Waals surface area contributed by atoms with Crippen molar-refractivity contribution in [2.75, 3.05) is 5.32 Å². The van der Waals surface area contributed by atoms with E-state index in [9.17, 15) is 13.6 Å². The molecule has 2 heterocycles. The molecule has 8 heteroatoms. The summed E-state index contributed by atoms with van der Waals surface area (Å²) in [5.74, 6) is -1.17. The second kappa shape index (κ2) is 8.76. The van der Waals surface area contributed by atoms with Crippen molar-refractivity contribution in [2.45, 2.75) is 13.5 Å². The minimum absolute atomic E-state index is 0.0534. The zero-order chi connectivity index (χ0) is 23.8. The number of nitrogens with one attached hydrogen (secondary N) is 1. The standard InChI is InChI=1S/C26H17ClF2N4O/c1-14(34)15-4-2-5-18(10-15)32-26-31-13-16-12-30-25(23-21(28)6-3-7-22(23)29)20-11-17(27)8-9-19(20)24(16)33-26/h2-11,13H,12H2,1H3,(H,31,32,33). The van der Waals surface area contributed by atoms with E-state index in [2.05, 4.69) is 20.3 Å². The molecule has 1 aromatic heterocycles. The van der Waals surface area contributed by atoms with Crippen LogP contribution in [0.2, 0.25) is 5.02 Å². The first-order valence-corrected chi connectivity index (χ1v) is 10.8. The molecule has 0 bridgehead atoms. The smallest absolute Gasteiger partial charge is 0.227 e. The number of hydrogen-bond acceptors (Lipinski definition) is 5. The molecule has 5 nitrogen and oxygen atoms in total. The van der Waals surface area contributed by atoms with Gasteiger partial charge in [0.25, 0.3) is 0 Å². The average Bonchev–Trinajstić information content (AvgIpc) is 2.96. The van der Waals surface area contributed by atoms with Gasteiger partial charge in [0, 0.05) is 39.2 Å². The molecule has 5 rings (SSSR count). The number of carbonyl (C=O) groups is 1. The number of halogens is 3. The number of rotatable bonds is 4. The zero-order valence-electron chi connectivity index (χ0n) is 17.9. The van der Waals surface area contributed by atoms with Crippen molar-refractivity contribution in [3.05, 3.63) is 106 Å². The van der Waals surface area contributed by atoms with Gasteiger partial charge in [0.15, 0.2) is 5.78 Å². The van der Waals surface area contributed by atoms with Gasteiger partial charge in [-0.25, -0.2) is 18.7 Å². The van der Waals surface area contributed by atoms with Gasteiger partial charge in [0.1, 0.15) is 11.6 Å². The van der Waals surface area contributed by atoms with E-state index < -0.39 is 11.6 Å². The lowest BCUT2D eigenvalue weighted by Gasteiger charge is -2.13. The molecule has 0 radical (unpaired) electrons. The van der Waals surface area contributed by atoms with E-state index in [-0.39, 0.29) is 23.6 Å². The van der Waals surface area contributed by atoms with Crippen molar-refractivity contribution < 1.29 is 13.6 Å². The van der Waals surface area contributed by atoms with Crippen LogP contribution in [-0.2, 0) is 6.54 Å². The van der Waals surface area contributed by atoms with Crippen molar-refractivity contribution in [1.29, 1.82) is 0 Å². The molecule has 34 heavy (non-hydrogen) atoms. The number of benzene rings is 3. The first-order valence-electron chi connectivity index (χ1n) is 10.4. The van der Waals surface area contributed by atoms with Gasteiger partial charge < -0.3 is 5.32 Å².